The number of anilines is 1. The van der Waals surface area contributed by atoms with Gasteiger partial charge in [-0.3, -0.25) is 4.79 Å². The van der Waals surface area contributed by atoms with Crippen molar-refractivity contribution in [2.75, 3.05) is 26.6 Å². The Morgan fingerprint density at radius 1 is 1.23 bits per heavy atom. The average Bonchev–Trinajstić information content (AvgIpc) is 3.03. The van der Waals surface area contributed by atoms with Gasteiger partial charge in [0.15, 0.2) is 11.5 Å². The quantitative estimate of drug-likeness (QED) is 0.842. The number of amides is 1. The molecule has 3 N–H and O–H groups in total. The Hall–Kier alpha value is -2.32. The minimum atomic E-state index is -0.346. The summed E-state index contributed by atoms with van der Waals surface area (Å²) in [6.45, 7) is 0.303. The predicted molar refractivity (Wildman–Crippen MR) is 84.1 cm³/mol. The second kappa shape index (κ2) is 7.10. The molecule has 22 heavy (non-hydrogen) atoms. The summed E-state index contributed by atoms with van der Waals surface area (Å²) < 4.78 is 15.8. The van der Waals surface area contributed by atoms with Crippen LogP contribution in [-0.2, 0) is 6.54 Å². The summed E-state index contributed by atoms with van der Waals surface area (Å²) in [5.41, 5.74) is 6.27. The highest BCUT2D eigenvalue weighted by Crippen LogP contribution is 2.42. The third-order valence-corrected chi connectivity index (χ3v) is 3.78. The minimum absolute atomic E-state index is 0.303. The Balaban J connectivity index is 2.30. The van der Waals surface area contributed by atoms with Crippen LogP contribution in [0, 0.1) is 0 Å². The van der Waals surface area contributed by atoms with E-state index in [2.05, 4.69) is 10.3 Å². The zero-order valence-electron chi connectivity index (χ0n) is 12.5. The highest BCUT2D eigenvalue weighted by Gasteiger charge is 2.19. The van der Waals surface area contributed by atoms with E-state index in [0.29, 0.717) is 40.2 Å². The summed E-state index contributed by atoms with van der Waals surface area (Å²) in [7, 11) is 4.52. The third-order valence-electron chi connectivity index (χ3n) is 2.91. The molecule has 0 radical (unpaired) electrons. The van der Waals surface area contributed by atoms with Crippen molar-refractivity contribution < 1.29 is 19.0 Å². The Labute approximate surface area is 132 Å². The number of rotatable bonds is 6. The molecule has 118 valence electrons. The fourth-order valence-corrected chi connectivity index (χ4v) is 2.55. The largest absolute Gasteiger partial charge is 0.493 e. The lowest BCUT2D eigenvalue weighted by atomic mass is 10.2. The second-order valence-electron chi connectivity index (χ2n) is 4.17. The molecule has 0 unspecified atom stereocenters. The SMILES string of the molecule is COc1ccc(NC(=O)c2csc(CN)n2)c(OC)c1OC. The van der Waals surface area contributed by atoms with E-state index in [0.717, 1.165) is 0 Å². The number of thiazole rings is 1. The van der Waals surface area contributed by atoms with Gasteiger partial charge in [-0.1, -0.05) is 0 Å². The summed E-state index contributed by atoms with van der Waals surface area (Å²) >= 11 is 1.34. The molecule has 0 aliphatic rings. The first-order chi connectivity index (χ1) is 10.6. The number of methoxy groups -OCH3 is 3. The number of hydrogen-bond acceptors (Lipinski definition) is 7. The molecule has 0 bridgehead atoms. The number of carbonyl (C=O) groups is 1. The average molecular weight is 323 g/mol. The van der Waals surface area contributed by atoms with Crippen LogP contribution in [0.15, 0.2) is 17.5 Å². The third kappa shape index (κ3) is 3.12. The van der Waals surface area contributed by atoms with Gasteiger partial charge in [0.05, 0.1) is 27.0 Å². The minimum Gasteiger partial charge on any atom is -0.493 e. The molecule has 7 nitrogen and oxygen atoms in total. The van der Waals surface area contributed by atoms with Crippen LogP contribution in [0.2, 0.25) is 0 Å². The smallest absolute Gasteiger partial charge is 0.275 e. The number of nitrogens with two attached hydrogens (primary N) is 1. The molecular weight excluding hydrogens is 306 g/mol. The first-order valence-corrected chi connectivity index (χ1v) is 7.27. The molecule has 0 saturated heterocycles. The van der Waals surface area contributed by atoms with E-state index in [9.17, 15) is 4.79 Å². The van der Waals surface area contributed by atoms with Gasteiger partial charge >= 0.3 is 0 Å². The van der Waals surface area contributed by atoms with Gasteiger partial charge in [0, 0.05) is 11.9 Å². The van der Waals surface area contributed by atoms with Crippen molar-refractivity contribution in [2.45, 2.75) is 6.54 Å². The van der Waals surface area contributed by atoms with E-state index >= 15 is 0 Å². The summed E-state index contributed by atoms with van der Waals surface area (Å²) in [6, 6.07) is 3.36. The predicted octanol–water partition coefficient (Wildman–Crippen LogP) is 1.88. The summed E-state index contributed by atoms with van der Waals surface area (Å²) in [4.78, 5) is 16.4. The molecule has 1 heterocycles. The van der Waals surface area contributed by atoms with Gasteiger partial charge in [-0.2, -0.15) is 0 Å². The molecular formula is C14H17N3O4S. The number of benzene rings is 1. The molecule has 2 aromatic rings. The van der Waals surface area contributed by atoms with Crippen LogP contribution in [-0.4, -0.2) is 32.2 Å². The molecule has 0 atom stereocenters. The summed E-state index contributed by atoms with van der Waals surface area (Å²) in [5, 5.41) is 5.10. The Morgan fingerprint density at radius 2 is 1.95 bits per heavy atom. The molecule has 1 aromatic heterocycles. The van der Waals surface area contributed by atoms with E-state index in [1.165, 1.54) is 32.7 Å². The molecule has 8 heteroatoms. The molecule has 0 spiro atoms. The van der Waals surface area contributed by atoms with Crippen LogP contribution in [0.5, 0.6) is 17.2 Å². The van der Waals surface area contributed by atoms with E-state index < -0.39 is 0 Å². The van der Waals surface area contributed by atoms with Gasteiger partial charge in [0.1, 0.15) is 10.7 Å². The summed E-state index contributed by atoms with van der Waals surface area (Å²) in [6.07, 6.45) is 0. The molecule has 1 aromatic carbocycles. The number of ether oxygens (including phenoxy) is 3. The van der Waals surface area contributed by atoms with Crippen molar-refractivity contribution in [1.29, 1.82) is 0 Å². The number of carbonyl (C=O) groups excluding carboxylic acids is 1. The number of nitrogens with zero attached hydrogens (tertiary/aromatic N) is 1. The van der Waals surface area contributed by atoms with Crippen molar-refractivity contribution in [2.24, 2.45) is 5.73 Å². The highest BCUT2D eigenvalue weighted by atomic mass is 32.1. The molecule has 2 rings (SSSR count). The van der Waals surface area contributed by atoms with E-state index in [1.54, 1.807) is 17.5 Å². The van der Waals surface area contributed by atoms with Crippen LogP contribution in [0.25, 0.3) is 0 Å². The first-order valence-electron chi connectivity index (χ1n) is 6.39. The van der Waals surface area contributed by atoms with Gasteiger partial charge in [0.25, 0.3) is 5.91 Å². The van der Waals surface area contributed by atoms with Gasteiger partial charge in [-0.25, -0.2) is 4.98 Å². The lowest BCUT2D eigenvalue weighted by molar-refractivity contribution is 0.102. The second-order valence-corrected chi connectivity index (χ2v) is 5.11. The van der Waals surface area contributed by atoms with Crippen molar-refractivity contribution in [1.82, 2.24) is 4.98 Å². The number of hydrogen-bond donors (Lipinski definition) is 2. The van der Waals surface area contributed by atoms with Crippen molar-refractivity contribution in [3.63, 3.8) is 0 Å². The van der Waals surface area contributed by atoms with Crippen LogP contribution >= 0.6 is 11.3 Å². The molecule has 0 aliphatic heterocycles. The standard InChI is InChI=1S/C14H17N3O4S/c1-19-10-5-4-8(12(20-2)13(10)21-3)17-14(18)9-7-22-11(6-15)16-9/h4-5,7H,6,15H2,1-3H3,(H,17,18). The lowest BCUT2D eigenvalue weighted by Gasteiger charge is -2.15. The first kappa shape index (κ1) is 16.1. The van der Waals surface area contributed by atoms with E-state index in [4.69, 9.17) is 19.9 Å². The number of aromatic nitrogens is 1. The maximum atomic E-state index is 12.2. The topological polar surface area (TPSA) is 95.7 Å². The molecule has 0 saturated carbocycles. The van der Waals surface area contributed by atoms with Gasteiger partial charge in [-0.15, -0.1) is 11.3 Å². The molecule has 1 amide bonds. The van der Waals surface area contributed by atoms with Crippen LogP contribution in [0.4, 0.5) is 5.69 Å². The summed E-state index contributed by atoms with van der Waals surface area (Å²) in [5.74, 6) is 0.950. The van der Waals surface area contributed by atoms with Gasteiger partial charge in [0.2, 0.25) is 5.75 Å². The fourth-order valence-electron chi connectivity index (χ4n) is 1.90. The fraction of sp³-hybridized carbons (Fsp3) is 0.286. The van der Waals surface area contributed by atoms with E-state index in [-0.39, 0.29) is 5.91 Å². The van der Waals surface area contributed by atoms with Crippen LogP contribution in [0.3, 0.4) is 0 Å². The van der Waals surface area contributed by atoms with Gasteiger partial charge < -0.3 is 25.3 Å². The Kier molecular flexibility index (Phi) is 5.18. The Morgan fingerprint density at radius 3 is 2.50 bits per heavy atom. The maximum Gasteiger partial charge on any atom is 0.275 e. The van der Waals surface area contributed by atoms with Gasteiger partial charge in [-0.05, 0) is 12.1 Å². The van der Waals surface area contributed by atoms with Crippen molar-refractivity contribution in [3.8, 4) is 17.2 Å². The molecule has 0 fully saturated rings. The normalized spacial score (nSPS) is 10.2. The van der Waals surface area contributed by atoms with Crippen molar-refractivity contribution in [3.05, 3.63) is 28.2 Å². The Bertz CT molecular complexity index is 672. The van der Waals surface area contributed by atoms with Crippen LogP contribution in [0.1, 0.15) is 15.5 Å². The van der Waals surface area contributed by atoms with E-state index in [1.807, 2.05) is 0 Å². The maximum absolute atomic E-state index is 12.2. The van der Waals surface area contributed by atoms with Crippen molar-refractivity contribution >= 4 is 22.9 Å². The highest BCUT2D eigenvalue weighted by molar-refractivity contribution is 7.09. The zero-order chi connectivity index (χ0) is 16.1. The van der Waals surface area contributed by atoms with Crippen LogP contribution < -0.4 is 25.3 Å². The lowest BCUT2D eigenvalue weighted by Crippen LogP contribution is -2.14. The number of nitrogens with one attached hydrogen (secondary N) is 1. The monoisotopic (exact) mass is 323 g/mol. The molecule has 0 aliphatic carbocycles. The zero-order valence-corrected chi connectivity index (χ0v) is 13.3.